The van der Waals surface area contributed by atoms with Crippen molar-refractivity contribution in [2.45, 2.75) is 6.54 Å². The van der Waals surface area contributed by atoms with Gasteiger partial charge in [-0.25, -0.2) is 4.68 Å². The fraction of sp³-hybridized carbons (Fsp3) is 0.0588. The standard InChI is InChI=1S/C17H13N5O/c23-17(11-22-16-8-4-3-7-15(16)20-21-22)19-13-9-12-5-1-2-6-14(12)18-10-13/h1-10H,11H2,(H,19,23). The zero-order chi connectivity index (χ0) is 15.6. The Hall–Kier alpha value is -3.28. The van der Waals surface area contributed by atoms with Crippen molar-refractivity contribution in [2.75, 3.05) is 5.32 Å². The number of fused-ring (bicyclic) bond motifs is 2. The van der Waals surface area contributed by atoms with Crippen molar-refractivity contribution < 1.29 is 4.79 Å². The number of para-hydroxylation sites is 2. The highest BCUT2D eigenvalue weighted by atomic mass is 16.2. The Bertz CT molecular complexity index is 1010. The summed E-state index contributed by atoms with van der Waals surface area (Å²) in [5, 5.41) is 11.9. The van der Waals surface area contributed by atoms with Crippen LogP contribution in [0, 0.1) is 0 Å². The normalized spacial score (nSPS) is 11.0. The number of carbonyl (C=O) groups is 1. The van der Waals surface area contributed by atoms with Gasteiger partial charge in [0.1, 0.15) is 12.1 Å². The van der Waals surface area contributed by atoms with Crippen molar-refractivity contribution in [2.24, 2.45) is 0 Å². The second kappa shape index (κ2) is 5.49. The maximum absolute atomic E-state index is 12.2. The molecule has 23 heavy (non-hydrogen) atoms. The van der Waals surface area contributed by atoms with Gasteiger partial charge in [0.2, 0.25) is 5.91 Å². The van der Waals surface area contributed by atoms with Gasteiger partial charge in [-0.1, -0.05) is 35.5 Å². The summed E-state index contributed by atoms with van der Waals surface area (Å²) >= 11 is 0. The van der Waals surface area contributed by atoms with E-state index in [0.717, 1.165) is 21.9 Å². The number of carbonyl (C=O) groups excluding carboxylic acids is 1. The molecule has 0 fully saturated rings. The number of hydrogen-bond donors (Lipinski definition) is 1. The molecule has 0 radical (unpaired) electrons. The summed E-state index contributed by atoms with van der Waals surface area (Å²) in [4.78, 5) is 16.6. The van der Waals surface area contributed by atoms with Gasteiger partial charge < -0.3 is 5.32 Å². The smallest absolute Gasteiger partial charge is 0.246 e. The monoisotopic (exact) mass is 303 g/mol. The molecule has 0 unspecified atom stereocenters. The van der Waals surface area contributed by atoms with Gasteiger partial charge in [-0.2, -0.15) is 0 Å². The number of benzene rings is 2. The van der Waals surface area contributed by atoms with E-state index in [-0.39, 0.29) is 12.5 Å². The Labute approximate surface area is 131 Å². The molecule has 0 aliphatic rings. The van der Waals surface area contributed by atoms with Crippen molar-refractivity contribution in [3.8, 4) is 0 Å². The third-order valence-electron chi connectivity index (χ3n) is 3.59. The molecule has 6 nitrogen and oxygen atoms in total. The lowest BCUT2D eigenvalue weighted by Gasteiger charge is -2.06. The van der Waals surface area contributed by atoms with Crippen LogP contribution >= 0.6 is 0 Å². The fourth-order valence-corrected chi connectivity index (χ4v) is 2.51. The minimum Gasteiger partial charge on any atom is -0.323 e. The van der Waals surface area contributed by atoms with Crippen LogP contribution in [-0.4, -0.2) is 25.9 Å². The number of anilines is 1. The largest absolute Gasteiger partial charge is 0.323 e. The van der Waals surface area contributed by atoms with Crippen molar-refractivity contribution in [3.63, 3.8) is 0 Å². The van der Waals surface area contributed by atoms with E-state index in [1.165, 1.54) is 0 Å². The van der Waals surface area contributed by atoms with Gasteiger partial charge in [0.05, 0.1) is 22.9 Å². The van der Waals surface area contributed by atoms with Gasteiger partial charge in [0, 0.05) is 5.39 Å². The summed E-state index contributed by atoms with van der Waals surface area (Å²) in [5.74, 6) is -0.169. The number of rotatable bonds is 3. The first-order chi connectivity index (χ1) is 11.3. The van der Waals surface area contributed by atoms with E-state index in [1.54, 1.807) is 10.9 Å². The molecule has 6 heteroatoms. The van der Waals surface area contributed by atoms with Crippen LogP contribution in [0.1, 0.15) is 0 Å². The molecule has 0 spiro atoms. The molecular formula is C17H13N5O. The van der Waals surface area contributed by atoms with E-state index >= 15 is 0 Å². The molecule has 0 aliphatic heterocycles. The third kappa shape index (κ3) is 2.62. The van der Waals surface area contributed by atoms with Crippen LogP contribution in [0.15, 0.2) is 60.8 Å². The van der Waals surface area contributed by atoms with Crippen LogP contribution in [-0.2, 0) is 11.3 Å². The summed E-state index contributed by atoms with van der Waals surface area (Å²) in [5.41, 5.74) is 3.16. The second-order valence-corrected chi connectivity index (χ2v) is 5.20. The van der Waals surface area contributed by atoms with E-state index < -0.39 is 0 Å². The summed E-state index contributed by atoms with van der Waals surface area (Å²) in [6.07, 6.45) is 1.65. The number of hydrogen-bond acceptors (Lipinski definition) is 4. The van der Waals surface area contributed by atoms with E-state index in [0.29, 0.717) is 5.69 Å². The average molecular weight is 303 g/mol. The molecule has 4 aromatic rings. The molecule has 4 rings (SSSR count). The first kappa shape index (κ1) is 13.4. The highest BCUT2D eigenvalue weighted by Gasteiger charge is 2.09. The van der Waals surface area contributed by atoms with E-state index in [9.17, 15) is 4.79 Å². The lowest BCUT2D eigenvalue weighted by Crippen LogP contribution is -2.19. The van der Waals surface area contributed by atoms with Gasteiger partial charge in [-0.05, 0) is 24.3 Å². The molecule has 0 atom stereocenters. The first-order valence-corrected chi connectivity index (χ1v) is 7.22. The average Bonchev–Trinajstić information content (AvgIpc) is 2.98. The van der Waals surface area contributed by atoms with Crippen LogP contribution in [0.5, 0.6) is 0 Å². The van der Waals surface area contributed by atoms with E-state index in [1.807, 2.05) is 54.6 Å². The highest BCUT2D eigenvalue weighted by Crippen LogP contribution is 2.16. The van der Waals surface area contributed by atoms with Gasteiger partial charge in [0.15, 0.2) is 0 Å². The molecule has 0 saturated heterocycles. The van der Waals surface area contributed by atoms with E-state index in [4.69, 9.17) is 0 Å². The van der Waals surface area contributed by atoms with Gasteiger partial charge in [0.25, 0.3) is 0 Å². The molecule has 1 amide bonds. The van der Waals surface area contributed by atoms with Crippen molar-refractivity contribution in [3.05, 3.63) is 60.8 Å². The van der Waals surface area contributed by atoms with Crippen molar-refractivity contribution in [1.82, 2.24) is 20.0 Å². The molecule has 0 aliphatic carbocycles. The lowest BCUT2D eigenvalue weighted by atomic mass is 10.2. The summed E-state index contributed by atoms with van der Waals surface area (Å²) in [7, 11) is 0. The predicted molar refractivity (Wildman–Crippen MR) is 87.9 cm³/mol. The number of aromatic nitrogens is 4. The molecule has 0 bridgehead atoms. The summed E-state index contributed by atoms with van der Waals surface area (Å²) in [6, 6.07) is 17.2. The maximum Gasteiger partial charge on any atom is 0.246 e. The predicted octanol–water partition coefficient (Wildman–Crippen LogP) is 2.62. The summed E-state index contributed by atoms with van der Waals surface area (Å²) in [6.45, 7) is 0.105. The first-order valence-electron chi connectivity index (χ1n) is 7.22. The van der Waals surface area contributed by atoms with Crippen LogP contribution in [0.25, 0.3) is 21.9 Å². The number of pyridine rings is 1. The quantitative estimate of drug-likeness (QED) is 0.631. The molecule has 2 aromatic heterocycles. The Morgan fingerprint density at radius 1 is 1.04 bits per heavy atom. The van der Waals surface area contributed by atoms with Crippen LogP contribution < -0.4 is 5.32 Å². The Morgan fingerprint density at radius 3 is 2.74 bits per heavy atom. The van der Waals surface area contributed by atoms with Crippen LogP contribution in [0.3, 0.4) is 0 Å². The Morgan fingerprint density at radius 2 is 1.83 bits per heavy atom. The van der Waals surface area contributed by atoms with Gasteiger partial charge in [-0.3, -0.25) is 9.78 Å². The SMILES string of the molecule is O=C(Cn1nnc2ccccc21)Nc1cnc2ccccc2c1. The maximum atomic E-state index is 12.2. The number of nitrogens with one attached hydrogen (secondary N) is 1. The zero-order valence-corrected chi connectivity index (χ0v) is 12.2. The minimum atomic E-state index is -0.169. The molecule has 112 valence electrons. The topological polar surface area (TPSA) is 72.7 Å². The molecule has 0 saturated carbocycles. The molecule has 1 N–H and O–H groups in total. The molecule has 2 heterocycles. The Kier molecular flexibility index (Phi) is 3.20. The zero-order valence-electron chi connectivity index (χ0n) is 12.2. The third-order valence-corrected chi connectivity index (χ3v) is 3.59. The van der Waals surface area contributed by atoms with Crippen molar-refractivity contribution in [1.29, 1.82) is 0 Å². The second-order valence-electron chi connectivity index (χ2n) is 5.20. The number of amides is 1. The highest BCUT2D eigenvalue weighted by molar-refractivity contribution is 5.93. The number of nitrogens with zero attached hydrogens (tertiary/aromatic N) is 4. The van der Waals surface area contributed by atoms with Gasteiger partial charge in [-0.15, -0.1) is 5.10 Å². The minimum absolute atomic E-state index is 0.105. The molecule has 2 aromatic carbocycles. The van der Waals surface area contributed by atoms with Crippen LogP contribution in [0.4, 0.5) is 5.69 Å². The van der Waals surface area contributed by atoms with Crippen molar-refractivity contribution >= 4 is 33.5 Å². The van der Waals surface area contributed by atoms with E-state index in [2.05, 4.69) is 20.6 Å². The Balaban J connectivity index is 1.55. The summed E-state index contributed by atoms with van der Waals surface area (Å²) < 4.78 is 1.58. The van der Waals surface area contributed by atoms with Gasteiger partial charge >= 0.3 is 0 Å². The lowest BCUT2D eigenvalue weighted by molar-refractivity contribution is -0.116. The fourth-order valence-electron chi connectivity index (χ4n) is 2.51. The molecular weight excluding hydrogens is 290 g/mol. The van der Waals surface area contributed by atoms with Crippen LogP contribution in [0.2, 0.25) is 0 Å².